The molecule has 0 saturated carbocycles. The van der Waals surface area contributed by atoms with Crippen LogP contribution in [0.4, 0.5) is 0 Å². The van der Waals surface area contributed by atoms with Gasteiger partial charge in [0.05, 0.1) is 12.3 Å². The number of carbonyl (C=O) groups excluding carboxylic acids is 1. The first-order chi connectivity index (χ1) is 18.5. The smallest absolute Gasteiger partial charge is 0.331 e. The van der Waals surface area contributed by atoms with Gasteiger partial charge in [0, 0.05) is 19.0 Å². The molecule has 0 bridgehead atoms. The minimum atomic E-state index is -1.05. The summed E-state index contributed by atoms with van der Waals surface area (Å²) in [4.78, 5) is 31.0. The van der Waals surface area contributed by atoms with Crippen LogP contribution in [0.1, 0.15) is 66.3 Å². The Balaban J connectivity index is 1.40. The number of oxazole rings is 1. The van der Waals surface area contributed by atoms with Gasteiger partial charge in [0.1, 0.15) is 11.5 Å². The van der Waals surface area contributed by atoms with Gasteiger partial charge in [0.15, 0.2) is 6.04 Å². The number of carbonyl (C=O) groups is 2. The van der Waals surface area contributed by atoms with Crippen molar-refractivity contribution in [2.75, 3.05) is 13.2 Å². The van der Waals surface area contributed by atoms with Crippen molar-refractivity contribution in [2.24, 2.45) is 0 Å². The molecule has 1 aliphatic rings. The number of rotatable bonds is 11. The number of unbranched alkanes of at least 4 members (excludes halogenated alkanes) is 2. The molecule has 7 nitrogen and oxygen atoms in total. The minimum Gasteiger partial charge on any atom is -0.493 e. The van der Waals surface area contributed by atoms with E-state index in [0.29, 0.717) is 43.2 Å². The van der Waals surface area contributed by atoms with Gasteiger partial charge in [0.25, 0.3) is 0 Å². The highest BCUT2D eigenvalue weighted by Crippen LogP contribution is 2.33. The van der Waals surface area contributed by atoms with E-state index in [1.54, 1.807) is 6.07 Å². The number of carboxylic acid groups (broad SMARTS) is 1. The van der Waals surface area contributed by atoms with Crippen LogP contribution in [0.5, 0.6) is 5.75 Å². The lowest BCUT2D eigenvalue weighted by molar-refractivity contribution is -0.149. The number of ether oxygens (including phenoxy) is 1. The van der Waals surface area contributed by atoms with Crippen molar-refractivity contribution < 1.29 is 23.8 Å². The molecule has 0 radical (unpaired) electrons. The molecule has 4 rings (SSSR count). The number of aliphatic carboxylic acids is 1. The lowest BCUT2D eigenvalue weighted by Gasteiger charge is -2.34. The summed E-state index contributed by atoms with van der Waals surface area (Å²) in [5.41, 5.74) is 3.40. The second-order valence-corrected chi connectivity index (χ2v) is 9.33. The van der Waals surface area contributed by atoms with Crippen molar-refractivity contribution in [2.45, 2.75) is 52.0 Å². The number of fused-ring (bicyclic) bond motifs is 1. The third-order valence-corrected chi connectivity index (χ3v) is 6.58. The summed E-state index contributed by atoms with van der Waals surface area (Å²) in [7, 11) is 0. The number of carboxylic acids is 1. The van der Waals surface area contributed by atoms with Gasteiger partial charge >= 0.3 is 5.97 Å². The van der Waals surface area contributed by atoms with Crippen LogP contribution in [0.3, 0.4) is 0 Å². The van der Waals surface area contributed by atoms with E-state index >= 15 is 0 Å². The van der Waals surface area contributed by atoms with Gasteiger partial charge in [-0.2, -0.15) is 0 Å². The van der Waals surface area contributed by atoms with E-state index in [2.05, 4.69) is 11.9 Å². The molecular weight excluding hydrogens is 480 g/mol. The van der Waals surface area contributed by atoms with Crippen LogP contribution in [0.15, 0.2) is 65.1 Å². The molecule has 1 amide bonds. The lowest BCUT2D eigenvalue weighted by atomic mass is 9.92. The van der Waals surface area contributed by atoms with Crippen molar-refractivity contribution in [1.82, 2.24) is 9.88 Å². The Labute approximate surface area is 223 Å². The molecule has 198 valence electrons. The number of amides is 1. The highest BCUT2D eigenvalue weighted by Gasteiger charge is 2.35. The topological polar surface area (TPSA) is 92.9 Å². The number of allylic oxidation sites excluding steroid dienone is 1. The summed E-state index contributed by atoms with van der Waals surface area (Å²) in [6.07, 6.45) is 11.1. The normalized spacial score (nSPS) is 15.2. The molecule has 0 fully saturated rings. The van der Waals surface area contributed by atoms with Gasteiger partial charge in [-0.05, 0) is 60.7 Å². The molecule has 38 heavy (non-hydrogen) atoms. The van der Waals surface area contributed by atoms with Crippen molar-refractivity contribution in [3.63, 3.8) is 0 Å². The Bertz CT molecular complexity index is 1310. The van der Waals surface area contributed by atoms with Crippen molar-refractivity contribution in [3.8, 4) is 5.75 Å². The summed E-state index contributed by atoms with van der Waals surface area (Å²) in [6.45, 7) is 4.69. The van der Waals surface area contributed by atoms with E-state index in [9.17, 15) is 14.7 Å². The van der Waals surface area contributed by atoms with Gasteiger partial charge in [-0.25, -0.2) is 9.78 Å². The van der Waals surface area contributed by atoms with E-state index < -0.39 is 12.0 Å². The summed E-state index contributed by atoms with van der Waals surface area (Å²) >= 11 is 0. The molecule has 0 spiro atoms. The number of benzene rings is 2. The first kappa shape index (κ1) is 26.9. The summed E-state index contributed by atoms with van der Waals surface area (Å²) in [6, 6.07) is 14.4. The first-order valence-electron chi connectivity index (χ1n) is 13.1. The van der Waals surface area contributed by atoms with E-state index in [4.69, 9.17) is 9.15 Å². The van der Waals surface area contributed by atoms with E-state index in [1.807, 2.05) is 67.6 Å². The molecule has 1 N–H and O–H groups in total. The Morgan fingerprint density at radius 1 is 1.18 bits per heavy atom. The molecule has 2 aromatic carbocycles. The van der Waals surface area contributed by atoms with E-state index in [-0.39, 0.29) is 5.91 Å². The van der Waals surface area contributed by atoms with Gasteiger partial charge < -0.3 is 19.2 Å². The molecule has 7 heteroatoms. The zero-order chi connectivity index (χ0) is 26.9. The number of aromatic nitrogens is 1. The average molecular weight is 515 g/mol. The summed E-state index contributed by atoms with van der Waals surface area (Å²) < 4.78 is 11.7. The predicted molar refractivity (Wildman–Crippen MR) is 147 cm³/mol. The largest absolute Gasteiger partial charge is 0.493 e. The predicted octanol–water partition coefficient (Wildman–Crippen LogP) is 6.03. The van der Waals surface area contributed by atoms with Crippen LogP contribution in [0.25, 0.3) is 12.2 Å². The molecule has 1 unspecified atom stereocenters. The minimum absolute atomic E-state index is 0.274. The van der Waals surface area contributed by atoms with E-state index in [1.165, 1.54) is 11.0 Å². The second kappa shape index (κ2) is 12.9. The molecule has 3 aromatic rings. The third-order valence-electron chi connectivity index (χ3n) is 6.58. The van der Waals surface area contributed by atoms with Gasteiger partial charge in [-0.1, -0.05) is 62.2 Å². The number of hydrogen-bond donors (Lipinski definition) is 1. The molecule has 0 aliphatic carbocycles. The highest BCUT2D eigenvalue weighted by atomic mass is 16.5. The Morgan fingerprint density at radius 3 is 2.76 bits per heavy atom. The summed E-state index contributed by atoms with van der Waals surface area (Å²) in [5, 5.41) is 10.00. The fourth-order valence-electron chi connectivity index (χ4n) is 4.54. The molecule has 1 aliphatic heterocycles. The highest BCUT2D eigenvalue weighted by molar-refractivity contribution is 5.92. The summed E-state index contributed by atoms with van der Waals surface area (Å²) in [5.74, 6) is 0.511. The maximum Gasteiger partial charge on any atom is 0.331 e. The third kappa shape index (κ3) is 6.79. The van der Waals surface area contributed by atoms with Crippen LogP contribution in [-0.4, -0.2) is 40.0 Å². The van der Waals surface area contributed by atoms with Crippen LogP contribution >= 0.6 is 0 Å². The standard InChI is InChI=1S/C31H34N2O5/c1-3-4-5-9-12-29(34)33-19-17-24-14-15-25(21-26(24)30(33)31(35)36)37-20-18-27-22(2)38-28(32-27)16-13-23-10-7-6-8-11-23/h6-16,21,30H,3-5,17-20H2,1-2H3,(H,35,36). The number of aryl methyl sites for hydroxylation is 1. The SMILES string of the molecule is CCCCC=CC(=O)N1CCc2ccc(OCCc3nc(C=Cc4ccccc4)oc3C)cc2C1C(=O)O. The van der Waals surface area contributed by atoms with Crippen LogP contribution < -0.4 is 4.74 Å². The van der Waals surface area contributed by atoms with E-state index in [0.717, 1.165) is 41.8 Å². The number of hydrogen-bond acceptors (Lipinski definition) is 5. The van der Waals surface area contributed by atoms with Crippen molar-refractivity contribution in [3.05, 3.63) is 94.7 Å². The van der Waals surface area contributed by atoms with Crippen molar-refractivity contribution in [1.29, 1.82) is 0 Å². The first-order valence-corrected chi connectivity index (χ1v) is 13.1. The maximum atomic E-state index is 12.8. The molecule has 1 atom stereocenters. The van der Waals surface area contributed by atoms with Gasteiger partial charge in [0.2, 0.25) is 11.8 Å². The Kier molecular flexibility index (Phi) is 9.14. The second-order valence-electron chi connectivity index (χ2n) is 9.33. The Morgan fingerprint density at radius 2 is 2.00 bits per heavy atom. The zero-order valence-electron chi connectivity index (χ0n) is 21.9. The number of nitrogens with zero attached hydrogens (tertiary/aromatic N) is 2. The van der Waals surface area contributed by atoms with Crippen molar-refractivity contribution >= 4 is 24.0 Å². The quantitative estimate of drug-likeness (QED) is 0.248. The van der Waals surface area contributed by atoms with Gasteiger partial charge in [-0.15, -0.1) is 0 Å². The monoisotopic (exact) mass is 514 g/mol. The fourth-order valence-corrected chi connectivity index (χ4v) is 4.54. The fraction of sp³-hybridized carbons (Fsp3) is 0.323. The molecule has 1 aromatic heterocycles. The van der Waals surface area contributed by atoms with Gasteiger partial charge in [-0.3, -0.25) is 4.79 Å². The maximum absolute atomic E-state index is 12.8. The van der Waals surface area contributed by atoms with Crippen LogP contribution in [0.2, 0.25) is 0 Å². The van der Waals surface area contributed by atoms with Crippen LogP contribution in [0, 0.1) is 6.92 Å². The lowest BCUT2D eigenvalue weighted by Crippen LogP contribution is -2.42. The molecule has 2 heterocycles. The zero-order valence-corrected chi connectivity index (χ0v) is 21.9. The van der Waals surface area contributed by atoms with Crippen LogP contribution in [-0.2, 0) is 22.4 Å². The molecular formula is C31H34N2O5. The molecule has 0 saturated heterocycles. The average Bonchev–Trinajstić information content (AvgIpc) is 3.28. The Hall–Kier alpha value is -4.13.